The number of hydrogen-bond donors (Lipinski definition) is 1. The lowest BCUT2D eigenvalue weighted by atomic mass is 9.85. The van der Waals surface area contributed by atoms with E-state index in [-0.39, 0.29) is 11.5 Å². The Labute approximate surface area is 183 Å². The number of allylic oxidation sites excluding steroid dienone is 2. The average molecular weight is 416 g/mol. The number of amides is 1. The topological polar surface area (TPSA) is 56.4 Å². The number of nitrogens with one attached hydrogen (secondary N) is 1. The van der Waals surface area contributed by atoms with Crippen LogP contribution in [0.5, 0.6) is 0 Å². The number of nitrogens with zero attached hydrogens (tertiary/aromatic N) is 2. The highest BCUT2D eigenvalue weighted by molar-refractivity contribution is 6.02. The van der Waals surface area contributed by atoms with Gasteiger partial charge in [-0.1, -0.05) is 24.6 Å². The number of rotatable bonds is 5. The van der Waals surface area contributed by atoms with Crippen molar-refractivity contribution >= 4 is 17.2 Å². The van der Waals surface area contributed by atoms with Crippen LogP contribution < -0.4 is 10.5 Å². The molecule has 0 saturated heterocycles. The maximum absolute atomic E-state index is 12.7. The van der Waals surface area contributed by atoms with Crippen molar-refractivity contribution in [1.29, 1.82) is 0 Å². The Morgan fingerprint density at radius 1 is 1.13 bits per heavy atom. The molecule has 160 valence electrons. The Kier molecular flexibility index (Phi) is 5.05. The van der Waals surface area contributed by atoms with Gasteiger partial charge in [0.15, 0.2) is 0 Å². The van der Waals surface area contributed by atoms with E-state index in [4.69, 9.17) is 0 Å². The summed E-state index contributed by atoms with van der Waals surface area (Å²) >= 11 is 0. The van der Waals surface area contributed by atoms with Crippen molar-refractivity contribution in [3.63, 3.8) is 0 Å². The second-order valence-electron chi connectivity index (χ2n) is 9.23. The fourth-order valence-corrected chi connectivity index (χ4v) is 4.66. The van der Waals surface area contributed by atoms with Gasteiger partial charge in [-0.3, -0.25) is 9.59 Å². The van der Waals surface area contributed by atoms with Gasteiger partial charge in [0.25, 0.3) is 5.56 Å². The second kappa shape index (κ2) is 7.88. The summed E-state index contributed by atoms with van der Waals surface area (Å²) in [6.07, 6.45) is 12.3. The van der Waals surface area contributed by atoms with Crippen LogP contribution in [0.3, 0.4) is 0 Å². The maximum atomic E-state index is 12.7. The number of pyridine rings is 1. The minimum Gasteiger partial charge on any atom is -0.371 e. The van der Waals surface area contributed by atoms with Gasteiger partial charge < -0.3 is 14.8 Å². The molecule has 5 rings (SSSR count). The number of benzene rings is 1. The molecule has 1 aromatic heterocycles. The average Bonchev–Trinajstić information content (AvgIpc) is 3.05. The minimum atomic E-state index is -0.111. The second-order valence-corrected chi connectivity index (χ2v) is 9.23. The van der Waals surface area contributed by atoms with Gasteiger partial charge in [0.1, 0.15) is 0 Å². The molecule has 31 heavy (non-hydrogen) atoms. The Morgan fingerprint density at radius 3 is 2.71 bits per heavy atom. The van der Waals surface area contributed by atoms with Crippen LogP contribution in [0.15, 0.2) is 53.6 Å². The van der Waals surface area contributed by atoms with Gasteiger partial charge in [-0.25, -0.2) is 0 Å². The highest BCUT2D eigenvalue weighted by Gasteiger charge is 2.31. The monoisotopic (exact) mass is 415 g/mol. The predicted molar refractivity (Wildman–Crippen MR) is 125 cm³/mol. The van der Waals surface area contributed by atoms with Gasteiger partial charge in [0.05, 0.1) is 6.42 Å². The first-order valence-electron chi connectivity index (χ1n) is 11.3. The number of hydrogen-bond acceptors (Lipinski definition) is 3. The SMILES string of the molecule is CC(C)N1C=C(c2c[nH]c(=O)c(-c3ccc4c(c3)CC(=O)N4CC3CCC3)c2)C=CC1. The zero-order chi connectivity index (χ0) is 21.5. The van der Waals surface area contributed by atoms with Gasteiger partial charge >= 0.3 is 0 Å². The molecule has 0 spiro atoms. The molecular formula is C26H29N3O2. The van der Waals surface area contributed by atoms with Crippen molar-refractivity contribution in [3.8, 4) is 11.1 Å². The molecule has 1 fully saturated rings. The van der Waals surface area contributed by atoms with Gasteiger partial charge in [-0.15, -0.1) is 0 Å². The van der Waals surface area contributed by atoms with Crippen molar-refractivity contribution in [2.75, 3.05) is 18.0 Å². The Hall–Kier alpha value is -3.08. The third-order valence-corrected chi connectivity index (χ3v) is 6.81. The molecule has 1 aliphatic carbocycles. The molecule has 0 bridgehead atoms. The highest BCUT2D eigenvalue weighted by atomic mass is 16.2. The number of aromatic nitrogens is 1. The van der Waals surface area contributed by atoms with Gasteiger partial charge in [-0.2, -0.15) is 0 Å². The number of anilines is 1. The fourth-order valence-electron chi connectivity index (χ4n) is 4.66. The standard InChI is InChI=1S/C26H29N3O2/c1-17(2)28-10-4-7-20(16-28)22-12-23(26(31)27-14-22)19-8-9-24-21(11-19)13-25(30)29(24)15-18-5-3-6-18/h4,7-9,11-12,14,16-18H,3,5-6,10,13,15H2,1-2H3,(H,27,31). The summed E-state index contributed by atoms with van der Waals surface area (Å²) in [4.78, 5) is 32.4. The van der Waals surface area contributed by atoms with Gasteiger partial charge in [0, 0.05) is 48.3 Å². The number of carbonyl (C=O) groups is 1. The first-order chi connectivity index (χ1) is 15.0. The van der Waals surface area contributed by atoms with Crippen molar-refractivity contribution in [2.45, 2.75) is 45.6 Å². The Morgan fingerprint density at radius 2 is 1.97 bits per heavy atom. The lowest BCUT2D eigenvalue weighted by Crippen LogP contribution is -2.34. The molecule has 2 aromatic rings. The van der Waals surface area contributed by atoms with Crippen LogP contribution in [-0.2, 0) is 11.2 Å². The molecule has 0 atom stereocenters. The molecule has 1 N–H and O–H groups in total. The van der Waals surface area contributed by atoms with Gasteiger partial charge in [-0.05, 0) is 67.5 Å². The molecule has 1 amide bonds. The molecule has 2 aliphatic heterocycles. The number of fused-ring (bicyclic) bond motifs is 1. The first-order valence-corrected chi connectivity index (χ1v) is 11.3. The van der Waals surface area contributed by atoms with Crippen LogP contribution in [0.2, 0.25) is 0 Å². The predicted octanol–water partition coefficient (Wildman–Crippen LogP) is 4.35. The van der Waals surface area contributed by atoms with E-state index in [9.17, 15) is 9.59 Å². The summed E-state index contributed by atoms with van der Waals surface area (Å²) in [5.74, 6) is 0.810. The van der Waals surface area contributed by atoms with E-state index < -0.39 is 0 Å². The van der Waals surface area contributed by atoms with Crippen molar-refractivity contribution in [2.24, 2.45) is 5.92 Å². The molecule has 1 aromatic carbocycles. The van der Waals surface area contributed by atoms with Crippen LogP contribution in [0, 0.1) is 5.92 Å². The van der Waals surface area contributed by atoms with Crippen molar-refractivity contribution in [3.05, 3.63) is 70.3 Å². The van der Waals surface area contributed by atoms with Crippen LogP contribution in [0.4, 0.5) is 5.69 Å². The molecule has 0 radical (unpaired) electrons. The van der Waals surface area contributed by atoms with Crippen molar-refractivity contribution < 1.29 is 4.79 Å². The number of carbonyl (C=O) groups excluding carboxylic acids is 1. The van der Waals surface area contributed by atoms with E-state index in [1.807, 2.05) is 29.2 Å². The van der Waals surface area contributed by atoms with E-state index in [1.54, 1.807) is 6.20 Å². The quantitative estimate of drug-likeness (QED) is 0.790. The molecule has 5 heteroatoms. The summed E-state index contributed by atoms with van der Waals surface area (Å²) in [6.45, 7) is 6.07. The molecule has 3 heterocycles. The summed E-state index contributed by atoms with van der Waals surface area (Å²) in [6, 6.07) is 8.39. The minimum absolute atomic E-state index is 0.111. The normalized spacial score (nSPS) is 18.4. The van der Waals surface area contributed by atoms with Crippen LogP contribution in [-0.4, -0.2) is 34.9 Å². The number of H-pyrrole nitrogens is 1. The van der Waals surface area contributed by atoms with Crippen LogP contribution in [0.1, 0.15) is 44.2 Å². The third-order valence-electron chi connectivity index (χ3n) is 6.81. The summed E-state index contributed by atoms with van der Waals surface area (Å²) in [5, 5.41) is 0. The fraction of sp³-hybridized carbons (Fsp3) is 0.385. The summed E-state index contributed by atoms with van der Waals surface area (Å²) < 4.78 is 0. The molecular weight excluding hydrogens is 386 g/mol. The maximum Gasteiger partial charge on any atom is 0.255 e. The zero-order valence-electron chi connectivity index (χ0n) is 18.2. The van der Waals surface area contributed by atoms with E-state index in [0.717, 1.165) is 41.0 Å². The van der Waals surface area contributed by atoms with E-state index >= 15 is 0 Å². The lowest BCUT2D eigenvalue weighted by molar-refractivity contribution is -0.117. The van der Waals surface area contributed by atoms with E-state index in [1.165, 1.54) is 19.3 Å². The number of aromatic amines is 1. The van der Waals surface area contributed by atoms with E-state index in [2.05, 4.69) is 42.1 Å². The van der Waals surface area contributed by atoms with Crippen molar-refractivity contribution in [1.82, 2.24) is 9.88 Å². The zero-order valence-corrected chi connectivity index (χ0v) is 18.2. The Balaban J connectivity index is 1.47. The third kappa shape index (κ3) is 3.73. The first kappa shape index (κ1) is 19.9. The lowest BCUT2D eigenvalue weighted by Gasteiger charge is -2.30. The largest absolute Gasteiger partial charge is 0.371 e. The molecule has 0 unspecified atom stereocenters. The molecule has 1 saturated carbocycles. The summed E-state index contributed by atoms with van der Waals surface area (Å²) in [5.41, 5.74) is 5.50. The smallest absolute Gasteiger partial charge is 0.255 e. The van der Waals surface area contributed by atoms with Gasteiger partial charge in [0.2, 0.25) is 5.91 Å². The molecule has 3 aliphatic rings. The highest BCUT2D eigenvalue weighted by Crippen LogP contribution is 2.36. The van der Waals surface area contributed by atoms with Crippen LogP contribution >= 0.6 is 0 Å². The summed E-state index contributed by atoms with van der Waals surface area (Å²) in [7, 11) is 0. The van der Waals surface area contributed by atoms with E-state index in [0.29, 0.717) is 23.9 Å². The molecule has 5 nitrogen and oxygen atoms in total. The van der Waals surface area contributed by atoms with Crippen LogP contribution in [0.25, 0.3) is 16.7 Å². The Bertz CT molecular complexity index is 1140.